The van der Waals surface area contributed by atoms with Gasteiger partial charge < -0.3 is 15.4 Å². The molecule has 1 aliphatic heterocycles. The van der Waals surface area contributed by atoms with Gasteiger partial charge in [-0.25, -0.2) is 0 Å². The zero-order valence-corrected chi connectivity index (χ0v) is 15.4. The summed E-state index contributed by atoms with van der Waals surface area (Å²) in [5.74, 6) is 0.646. The Balaban J connectivity index is 0.00000176. The molecule has 0 amide bonds. The molecule has 0 spiro atoms. The number of aliphatic imine (C=N–C) groups is 1. The molecule has 1 aromatic heterocycles. The molecule has 2 heterocycles. The molecule has 1 saturated heterocycles. The highest BCUT2D eigenvalue weighted by atomic mass is 127. The van der Waals surface area contributed by atoms with Crippen LogP contribution in [0.1, 0.15) is 31.9 Å². The second-order valence-electron chi connectivity index (χ2n) is 6.15. The first-order valence-electron chi connectivity index (χ1n) is 7.78. The summed E-state index contributed by atoms with van der Waals surface area (Å²) in [4.78, 5) is 11.3. The second kappa shape index (κ2) is 7.59. The summed E-state index contributed by atoms with van der Waals surface area (Å²) in [6.07, 6.45) is 5.65. The second-order valence-corrected chi connectivity index (χ2v) is 6.15. The van der Waals surface area contributed by atoms with E-state index in [1.165, 1.54) is 6.42 Å². The van der Waals surface area contributed by atoms with Crippen molar-refractivity contribution in [1.82, 2.24) is 9.88 Å². The highest BCUT2D eigenvalue weighted by Gasteiger charge is 2.39. The molecule has 122 valence electrons. The number of guanidine groups is 1. The Morgan fingerprint density at radius 1 is 1.50 bits per heavy atom. The highest BCUT2D eigenvalue weighted by molar-refractivity contribution is 14.0. The van der Waals surface area contributed by atoms with Crippen LogP contribution in [0.2, 0.25) is 0 Å². The SMILES string of the molecule is CC1CN(C(N)=NCC2(c3ccccn3)CCC2)CCO1.I. The lowest BCUT2D eigenvalue weighted by Gasteiger charge is -2.40. The Bertz CT molecular complexity index is 504. The lowest BCUT2D eigenvalue weighted by molar-refractivity contribution is 0.00522. The summed E-state index contributed by atoms with van der Waals surface area (Å²) in [6.45, 7) is 5.19. The van der Waals surface area contributed by atoms with E-state index < -0.39 is 0 Å². The molecule has 1 unspecified atom stereocenters. The van der Waals surface area contributed by atoms with Gasteiger partial charge in [0.2, 0.25) is 0 Å². The minimum atomic E-state index is 0. The number of hydrogen-bond acceptors (Lipinski definition) is 3. The van der Waals surface area contributed by atoms with Crippen molar-refractivity contribution in [2.75, 3.05) is 26.2 Å². The lowest BCUT2D eigenvalue weighted by atomic mass is 9.66. The van der Waals surface area contributed by atoms with Crippen molar-refractivity contribution >= 4 is 29.9 Å². The van der Waals surface area contributed by atoms with Crippen LogP contribution in [0.5, 0.6) is 0 Å². The van der Waals surface area contributed by atoms with Crippen LogP contribution in [-0.2, 0) is 10.2 Å². The number of aromatic nitrogens is 1. The van der Waals surface area contributed by atoms with Gasteiger partial charge in [0, 0.05) is 30.4 Å². The van der Waals surface area contributed by atoms with Crippen LogP contribution in [0.25, 0.3) is 0 Å². The van der Waals surface area contributed by atoms with Crippen LogP contribution < -0.4 is 5.73 Å². The first-order valence-corrected chi connectivity index (χ1v) is 7.78. The summed E-state index contributed by atoms with van der Waals surface area (Å²) >= 11 is 0. The number of halogens is 1. The molecule has 5 nitrogen and oxygen atoms in total. The summed E-state index contributed by atoms with van der Waals surface area (Å²) in [6, 6.07) is 6.13. The van der Waals surface area contributed by atoms with Crippen molar-refractivity contribution in [2.24, 2.45) is 10.7 Å². The van der Waals surface area contributed by atoms with Gasteiger partial charge in [0.15, 0.2) is 5.96 Å². The molecule has 1 aliphatic carbocycles. The highest BCUT2D eigenvalue weighted by Crippen LogP contribution is 2.42. The first-order chi connectivity index (χ1) is 10.2. The molecular formula is C16H25IN4O. The van der Waals surface area contributed by atoms with E-state index in [-0.39, 0.29) is 35.5 Å². The summed E-state index contributed by atoms with van der Waals surface area (Å²) in [7, 11) is 0. The third-order valence-corrected chi connectivity index (χ3v) is 4.63. The van der Waals surface area contributed by atoms with Gasteiger partial charge in [-0.1, -0.05) is 12.5 Å². The smallest absolute Gasteiger partial charge is 0.191 e. The predicted octanol–water partition coefficient (Wildman–Crippen LogP) is 2.16. The van der Waals surface area contributed by atoms with E-state index in [4.69, 9.17) is 10.5 Å². The molecular weight excluding hydrogens is 391 g/mol. The summed E-state index contributed by atoms with van der Waals surface area (Å²) in [5, 5.41) is 0. The van der Waals surface area contributed by atoms with E-state index in [2.05, 4.69) is 33.9 Å². The molecule has 2 N–H and O–H groups in total. The summed E-state index contributed by atoms with van der Waals surface area (Å²) < 4.78 is 5.54. The number of hydrogen-bond donors (Lipinski definition) is 1. The zero-order valence-electron chi connectivity index (χ0n) is 13.1. The first kappa shape index (κ1) is 17.5. The summed E-state index contributed by atoms with van der Waals surface area (Å²) in [5.41, 5.74) is 7.43. The standard InChI is InChI=1S/C16H24N4O.HI/c1-13-11-20(9-10-21-13)15(17)19-12-16(6-4-7-16)14-5-2-3-8-18-14;/h2-3,5,8,13H,4,6-7,9-12H2,1H3,(H2,17,19);1H. The Hall–Kier alpha value is -0.890. The Morgan fingerprint density at radius 3 is 2.91 bits per heavy atom. The molecule has 0 bridgehead atoms. The van der Waals surface area contributed by atoms with Crippen molar-refractivity contribution in [3.8, 4) is 0 Å². The number of nitrogens with two attached hydrogens (primary N) is 1. The van der Waals surface area contributed by atoms with Crippen LogP contribution in [-0.4, -0.2) is 48.2 Å². The number of morpholine rings is 1. The zero-order chi connectivity index (χ0) is 14.7. The van der Waals surface area contributed by atoms with E-state index in [1.54, 1.807) is 0 Å². The monoisotopic (exact) mass is 416 g/mol. The fourth-order valence-electron chi connectivity index (χ4n) is 3.13. The van der Waals surface area contributed by atoms with E-state index in [0.29, 0.717) is 5.96 Å². The fourth-order valence-corrected chi connectivity index (χ4v) is 3.13. The Labute approximate surface area is 149 Å². The minimum Gasteiger partial charge on any atom is -0.375 e. The van der Waals surface area contributed by atoms with Crippen LogP contribution in [0.4, 0.5) is 0 Å². The molecule has 22 heavy (non-hydrogen) atoms. The Morgan fingerprint density at radius 2 is 2.32 bits per heavy atom. The maximum atomic E-state index is 6.17. The van der Waals surface area contributed by atoms with Gasteiger partial charge in [0.1, 0.15) is 0 Å². The van der Waals surface area contributed by atoms with E-state index >= 15 is 0 Å². The molecule has 1 saturated carbocycles. The van der Waals surface area contributed by atoms with Crippen molar-refractivity contribution < 1.29 is 4.74 Å². The fraction of sp³-hybridized carbons (Fsp3) is 0.625. The van der Waals surface area contributed by atoms with Crippen LogP contribution >= 0.6 is 24.0 Å². The topological polar surface area (TPSA) is 63.7 Å². The average molecular weight is 416 g/mol. The van der Waals surface area contributed by atoms with Crippen LogP contribution in [0.15, 0.2) is 29.4 Å². The molecule has 2 fully saturated rings. The van der Waals surface area contributed by atoms with Gasteiger partial charge in [-0.2, -0.15) is 0 Å². The maximum absolute atomic E-state index is 6.17. The average Bonchev–Trinajstić information content (AvgIpc) is 2.47. The molecule has 2 aliphatic rings. The number of ether oxygens (including phenoxy) is 1. The lowest BCUT2D eigenvalue weighted by Crippen LogP contribution is -2.48. The van der Waals surface area contributed by atoms with Gasteiger partial charge >= 0.3 is 0 Å². The van der Waals surface area contributed by atoms with Crippen molar-refractivity contribution in [1.29, 1.82) is 0 Å². The van der Waals surface area contributed by atoms with Gasteiger partial charge in [0.25, 0.3) is 0 Å². The van der Waals surface area contributed by atoms with E-state index in [0.717, 1.165) is 44.8 Å². The Kier molecular flexibility index (Phi) is 6.02. The van der Waals surface area contributed by atoms with Crippen LogP contribution in [0.3, 0.4) is 0 Å². The maximum Gasteiger partial charge on any atom is 0.191 e. The largest absolute Gasteiger partial charge is 0.375 e. The van der Waals surface area contributed by atoms with Gasteiger partial charge in [-0.15, -0.1) is 24.0 Å². The van der Waals surface area contributed by atoms with Crippen molar-refractivity contribution in [2.45, 2.75) is 37.7 Å². The van der Waals surface area contributed by atoms with E-state index in [1.807, 2.05) is 12.3 Å². The van der Waals surface area contributed by atoms with Gasteiger partial charge in [0.05, 0.1) is 19.3 Å². The molecule has 1 aromatic rings. The van der Waals surface area contributed by atoms with Crippen molar-refractivity contribution in [3.05, 3.63) is 30.1 Å². The molecule has 0 aromatic carbocycles. The minimum absolute atomic E-state index is 0. The predicted molar refractivity (Wildman–Crippen MR) is 98.7 cm³/mol. The third kappa shape index (κ3) is 3.71. The molecule has 1 atom stereocenters. The number of rotatable bonds is 3. The van der Waals surface area contributed by atoms with Gasteiger partial charge in [-0.05, 0) is 31.9 Å². The number of nitrogens with zero attached hydrogens (tertiary/aromatic N) is 3. The molecule has 6 heteroatoms. The normalized spacial score (nSPS) is 24.3. The molecule has 3 rings (SSSR count). The van der Waals surface area contributed by atoms with Gasteiger partial charge in [-0.3, -0.25) is 9.98 Å². The third-order valence-electron chi connectivity index (χ3n) is 4.63. The molecule has 0 radical (unpaired) electrons. The van der Waals surface area contributed by atoms with Crippen molar-refractivity contribution in [3.63, 3.8) is 0 Å². The van der Waals surface area contributed by atoms with E-state index in [9.17, 15) is 0 Å². The number of pyridine rings is 1. The van der Waals surface area contributed by atoms with Crippen LogP contribution in [0, 0.1) is 0 Å². The quantitative estimate of drug-likeness (QED) is 0.466.